The zero-order valence-electron chi connectivity index (χ0n) is 63.1. The fourth-order valence-electron chi connectivity index (χ4n) is 17.1. The maximum atomic E-state index is 6.27. The van der Waals surface area contributed by atoms with E-state index in [1.165, 1.54) is 67.3 Å². The summed E-state index contributed by atoms with van der Waals surface area (Å²) in [4.78, 5) is 35.8. The fourth-order valence-corrected chi connectivity index (χ4v) is 19.6. The van der Waals surface area contributed by atoms with E-state index < -0.39 is 0 Å². The molecule has 0 aliphatic rings. The van der Waals surface area contributed by atoms with Crippen molar-refractivity contribution in [2.45, 2.75) is 0 Å². The molecule has 0 spiro atoms. The molecule has 0 fully saturated rings. The number of hydrogen-bond donors (Lipinski definition) is 0. The quantitative estimate of drug-likeness (QED) is 0.137. The third kappa shape index (κ3) is 11.8. The minimum atomic E-state index is 0.586. The molecule has 0 amide bonds. The molecule has 0 bridgehead atoms. The van der Waals surface area contributed by atoms with Gasteiger partial charge in [-0.3, -0.25) is 0 Å². The first-order valence-corrected chi connectivity index (χ1v) is 41.0. The van der Waals surface area contributed by atoms with E-state index >= 15 is 0 Å². The number of benzene rings is 18. The third-order valence-electron chi connectivity index (χ3n) is 22.7. The van der Waals surface area contributed by atoms with Gasteiger partial charge in [0.15, 0.2) is 17.5 Å². The second-order valence-corrected chi connectivity index (χ2v) is 31.7. The van der Waals surface area contributed by atoms with E-state index in [1.54, 1.807) is 0 Å². The van der Waals surface area contributed by atoms with E-state index in [0.717, 1.165) is 155 Å². The lowest BCUT2D eigenvalue weighted by Crippen LogP contribution is -2.00. The Labute approximate surface area is 683 Å². The molecule has 9 nitrogen and oxygen atoms in total. The first kappa shape index (κ1) is 68.3. The second-order valence-electron chi connectivity index (χ2n) is 29.6. The monoisotopic (exact) mass is 1540 g/mol. The summed E-state index contributed by atoms with van der Waals surface area (Å²) in [6, 6.07) is 133. The molecule has 0 N–H and O–H groups in total. The van der Waals surface area contributed by atoms with Gasteiger partial charge >= 0.3 is 0 Å². The predicted molar refractivity (Wildman–Crippen MR) is 493 cm³/mol. The van der Waals surface area contributed by atoms with Crippen molar-refractivity contribution in [1.82, 2.24) is 34.9 Å². The van der Waals surface area contributed by atoms with Crippen molar-refractivity contribution < 1.29 is 8.83 Å². The van der Waals surface area contributed by atoms with Gasteiger partial charge in [-0.05, 0) is 99.4 Å². The highest BCUT2D eigenvalue weighted by molar-refractivity contribution is 7.27. The molecule has 0 unspecified atom stereocenters. The zero-order chi connectivity index (χ0) is 77.7. The molecule has 25 rings (SSSR count). The molecule has 550 valence electrons. The molecule has 7 aromatic heterocycles. The Morgan fingerprint density at radius 2 is 0.610 bits per heavy atom. The second kappa shape index (κ2) is 28.4. The Morgan fingerprint density at radius 1 is 0.195 bits per heavy atom. The first-order chi connectivity index (χ1) is 58.5. The number of hydrogen-bond acceptors (Lipinski definition) is 11. The van der Waals surface area contributed by atoms with E-state index in [4.69, 9.17) is 43.7 Å². The number of thiophene rings is 2. The van der Waals surface area contributed by atoms with Crippen LogP contribution in [-0.4, -0.2) is 34.9 Å². The summed E-state index contributed by atoms with van der Waals surface area (Å²) in [6.45, 7) is 0. The molecule has 25 aromatic rings. The van der Waals surface area contributed by atoms with Crippen LogP contribution in [0.15, 0.2) is 391 Å². The standard InChI is InChI=1S/C43H25N3O2.C34H20N2S.C30H18N2S/c1-2-10-27(11-3-1)41-44-42(46-43(45-41)30-20-22-33-32-15-4-6-18-35(32)48-38(33)25-30)29-14-8-13-28(24-29)31-17-9-12-26-21-23-37-40(39(26)31)34-16-5-7-19-36(34)47-37;1-2-10-22(11-3-1)31-33(35-29-20-17-21-9-4-5-12-23(21)32(29)36-31)26-14-8-15-27-24(26)18-19-28-25-13-6-7-16-30(25)37-34(27)28;1-2-9-19(10-3-1)28-29(32-26-15-6-5-14-25(26)31-28)22-12-8-13-23-20(22)17-18-24-21-11-4-7-16-27(21)33-30(23)24/h1-25H;1-20H;1-18H. The molecular weight excluding hydrogens is 1480 g/mol. The van der Waals surface area contributed by atoms with Crippen molar-refractivity contribution in [1.29, 1.82) is 0 Å². The first-order valence-electron chi connectivity index (χ1n) is 39.4. The Bertz CT molecular complexity index is 8350. The van der Waals surface area contributed by atoms with Gasteiger partial charge < -0.3 is 8.83 Å². The van der Waals surface area contributed by atoms with Gasteiger partial charge in [0.1, 0.15) is 22.3 Å². The van der Waals surface area contributed by atoms with Crippen LogP contribution in [0.2, 0.25) is 0 Å². The Hall–Kier alpha value is -15.3. The van der Waals surface area contributed by atoms with Gasteiger partial charge in [0.25, 0.3) is 0 Å². The van der Waals surface area contributed by atoms with Crippen molar-refractivity contribution in [3.63, 3.8) is 0 Å². The number of aromatic nitrogens is 7. The van der Waals surface area contributed by atoms with E-state index in [1.807, 2.05) is 126 Å². The smallest absolute Gasteiger partial charge is 0.164 e. The largest absolute Gasteiger partial charge is 0.456 e. The third-order valence-corrected chi connectivity index (χ3v) is 25.1. The van der Waals surface area contributed by atoms with Crippen LogP contribution in [0.25, 0.3) is 240 Å². The molecule has 0 saturated carbocycles. The maximum absolute atomic E-state index is 6.27. The number of fused-ring (bicyclic) bond motifs is 22. The molecule has 11 heteroatoms. The van der Waals surface area contributed by atoms with E-state index in [9.17, 15) is 0 Å². The summed E-state index contributed by atoms with van der Waals surface area (Å²) in [5.41, 5.74) is 20.0. The van der Waals surface area contributed by atoms with E-state index in [0.29, 0.717) is 17.5 Å². The lowest BCUT2D eigenvalue weighted by Gasteiger charge is -2.14. The normalized spacial score (nSPS) is 11.7. The number of rotatable bonds is 8. The SMILES string of the molecule is c1ccc(-c2nc(-c3cccc(-c4cccc5ccc6oc7ccccc7c6c45)c3)nc(-c3ccc4c(c3)oc3ccccc34)n2)cc1.c1ccc(-c2nc3c(ccc4ccccc43)nc2-c2cccc3c2ccc2c4ccccc4sc32)cc1.c1ccc(-c2nc3ccccc3nc2-c2cccc3c2ccc2c4ccccc4sc32)cc1. The van der Waals surface area contributed by atoms with Gasteiger partial charge in [0.2, 0.25) is 0 Å². The topological polar surface area (TPSA) is 117 Å². The van der Waals surface area contributed by atoms with Gasteiger partial charge in [0, 0.05) is 122 Å². The number of para-hydroxylation sites is 4. The molecule has 18 aromatic carbocycles. The van der Waals surface area contributed by atoms with Crippen LogP contribution in [0, 0.1) is 0 Å². The lowest BCUT2D eigenvalue weighted by atomic mass is 9.93. The van der Waals surface area contributed by atoms with Gasteiger partial charge in [-0.15, -0.1) is 22.7 Å². The molecule has 0 saturated heterocycles. The number of furan rings is 2. The minimum Gasteiger partial charge on any atom is -0.456 e. The van der Waals surface area contributed by atoms with Gasteiger partial charge in [0.05, 0.1) is 44.8 Å². The summed E-state index contributed by atoms with van der Waals surface area (Å²) in [5, 5.41) is 19.2. The highest BCUT2D eigenvalue weighted by Crippen LogP contribution is 2.47. The molecular formula is C107H63N7O2S2. The van der Waals surface area contributed by atoms with Crippen LogP contribution in [0.5, 0.6) is 0 Å². The molecule has 118 heavy (non-hydrogen) atoms. The summed E-state index contributed by atoms with van der Waals surface area (Å²) in [7, 11) is 0. The summed E-state index contributed by atoms with van der Waals surface area (Å²) in [6.07, 6.45) is 0. The van der Waals surface area contributed by atoms with Crippen LogP contribution in [-0.2, 0) is 0 Å². The van der Waals surface area contributed by atoms with Crippen LogP contribution in [0.1, 0.15) is 0 Å². The van der Waals surface area contributed by atoms with Crippen LogP contribution < -0.4 is 0 Å². The highest BCUT2D eigenvalue weighted by Gasteiger charge is 2.23. The highest BCUT2D eigenvalue weighted by atomic mass is 32.1. The molecule has 7 heterocycles. The van der Waals surface area contributed by atoms with Crippen LogP contribution in [0.3, 0.4) is 0 Å². The minimum absolute atomic E-state index is 0.586. The molecule has 0 radical (unpaired) electrons. The Kier molecular flexibility index (Phi) is 16.4. The van der Waals surface area contributed by atoms with Crippen LogP contribution >= 0.6 is 22.7 Å². The lowest BCUT2D eigenvalue weighted by molar-refractivity contribution is 0.668. The summed E-state index contributed by atoms with van der Waals surface area (Å²) in [5.74, 6) is 1.80. The van der Waals surface area contributed by atoms with E-state index in [-0.39, 0.29) is 0 Å². The predicted octanol–water partition coefficient (Wildman–Crippen LogP) is 29.6. The Balaban J connectivity index is 0.000000106. The van der Waals surface area contributed by atoms with Crippen molar-refractivity contribution in [2.24, 2.45) is 0 Å². The number of nitrogens with zero attached hydrogens (tertiary/aromatic N) is 7. The van der Waals surface area contributed by atoms with Crippen molar-refractivity contribution >= 4 is 172 Å². The average Bonchev–Trinajstić information content (AvgIpc) is 1.36. The van der Waals surface area contributed by atoms with Crippen LogP contribution in [0.4, 0.5) is 0 Å². The summed E-state index contributed by atoms with van der Waals surface area (Å²) < 4.78 is 17.8. The molecule has 0 aliphatic heterocycles. The average molecular weight is 1540 g/mol. The van der Waals surface area contributed by atoms with Gasteiger partial charge in [-0.1, -0.05) is 315 Å². The fraction of sp³-hybridized carbons (Fsp3) is 0. The van der Waals surface area contributed by atoms with Crippen molar-refractivity contribution in [2.75, 3.05) is 0 Å². The van der Waals surface area contributed by atoms with E-state index in [2.05, 4.69) is 279 Å². The maximum Gasteiger partial charge on any atom is 0.164 e. The van der Waals surface area contributed by atoms with Gasteiger partial charge in [-0.25, -0.2) is 34.9 Å². The van der Waals surface area contributed by atoms with Crippen molar-refractivity contribution in [3.8, 4) is 90.3 Å². The van der Waals surface area contributed by atoms with Gasteiger partial charge in [-0.2, -0.15) is 0 Å². The summed E-state index contributed by atoms with van der Waals surface area (Å²) >= 11 is 3.73. The van der Waals surface area contributed by atoms with Crippen molar-refractivity contribution in [3.05, 3.63) is 382 Å². The molecule has 0 aliphatic carbocycles. The Morgan fingerprint density at radius 3 is 1.26 bits per heavy atom. The molecule has 0 atom stereocenters. The zero-order valence-corrected chi connectivity index (χ0v) is 64.8.